The second kappa shape index (κ2) is 5.67. The number of aromatic nitrogens is 2. The normalized spacial score (nSPS) is 14.6. The summed E-state index contributed by atoms with van der Waals surface area (Å²) in [7, 11) is 0. The Morgan fingerprint density at radius 2 is 2.26 bits per heavy atom. The van der Waals surface area contributed by atoms with Crippen molar-refractivity contribution in [2.45, 2.75) is 31.8 Å². The lowest BCUT2D eigenvalue weighted by Gasteiger charge is -2.23. The smallest absolute Gasteiger partial charge is 0.132 e. The van der Waals surface area contributed by atoms with Crippen molar-refractivity contribution in [1.82, 2.24) is 9.97 Å². The summed E-state index contributed by atoms with van der Waals surface area (Å²) >= 11 is 1.74. The van der Waals surface area contributed by atoms with Crippen LogP contribution in [0.3, 0.4) is 0 Å². The zero-order valence-corrected chi connectivity index (χ0v) is 11.6. The highest BCUT2D eigenvalue weighted by Gasteiger charge is 2.30. The van der Waals surface area contributed by atoms with Crippen LogP contribution in [0.4, 0.5) is 5.82 Å². The van der Waals surface area contributed by atoms with Gasteiger partial charge < -0.3 is 10.6 Å². The Bertz CT molecular complexity index is 522. The van der Waals surface area contributed by atoms with Crippen molar-refractivity contribution in [2.24, 2.45) is 5.73 Å². The fraction of sp³-hybridized carbons (Fsp3) is 0.429. The third-order valence-electron chi connectivity index (χ3n) is 3.32. The Hall–Kier alpha value is -1.46. The zero-order chi connectivity index (χ0) is 13.1. The van der Waals surface area contributed by atoms with Gasteiger partial charge in [0.15, 0.2) is 0 Å². The van der Waals surface area contributed by atoms with Gasteiger partial charge in [0.05, 0.1) is 0 Å². The van der Waals surface area contributed by atoms with E-state index in [0.29, 0.717) is 12.6 Å². The summed E-state index contributed by atoms with van der Waals surface area (Å²) in [5, 5.41) is 4.33. The van der Waals surface area contributed by atoms with Crippen LogP contribution in [0.15, 0.2) is 29.2 Å². The Balaban J connectivity index is 1.81. The fourth-order valence-electron chi connectivity index (χ4n) is 2.19. The van der Waals surface area contributed by atoms with E-state index < -0.39 is 0 Å². The first-order chi connectivity index (χ1) is 9.36. The highest BCUT2D eigenvalue weighted by Crippen LogP contribution is 2.32. The van der Waals surface area contributed by atoms with E-state index in [1.165, 1.54) is 18.4 Å². The molecule has 1 aliphatic rings. The van der Waals surface area contributed by atoms with Crippen LogP contribution in [-0.2, 0) is 13.0 Å². The lowest BCUT2D eigenvalue weighted by Crippen LogP contribution is -2.26. The molecule has 3 rings (SSSR count). The van der Waals surface area contributed by atoms with Crippen LogP contribution in [0, 0.1) is 0 Å². The first kappa shape index (κ1) is 12.6. The van der Waals surface area contributed by atoms with Crippen LogP contribution in [0.25, 0.3) is 0 Å². The van der Waals surface area contributed by atoms with Gasteiger partial charge in [-0.1, -0.05) is 0 Å². The van der Waals surface area contributed by atoms with E-state index in [1.54, 1.807) is 17.7 Å². The largest absolute Gasteiger partial charge is 0.349 e. The van der Waals surface area contributed by atoms with Crippen molar-refractivity contribution in [2.75, 3.05) is 11.4 Å². The quantitative estimate of drug-likeness (QED) is 0.877. The predicted octanol–water partition coefficient (Wildman–Crippen LogP) is 2.21. The van der Waals surface area contributed by atoms with Gasteiger partial charge in [-0.15, -0.1) is 0 Å². The maximum absolute atomic E-state index is 5.60. The van der Waals surface area contributed by atoms with E-state index >= 15 is 0 Å². The monoisotopic (exact) mass is 274 g/mol. The minimum absolute atomic E-state index is 0.629. The second-order valence-corrected chi connectivity index (χ2v) is 5.68. The highest BCUT2D eigenvalue weighted by atomic mass is 32.1. The molecule has 19 heavy (non-hydrogen) atoms. The Morgan fingerprint density at radius 1 is 1.37 bits per heavy atom. The van der Waals surface area contributed by atoms with Crippen molar-refractivity contribution >= 4 is 17.2 Å². The van der Waals surface area contributed by atoms with E-state index in [1.807, 2.05) is 0 Å². The summed E-state index contributed by atoms with van der Waals surface area (Å²) in [4.78, 5) is 11.1. The van der Waals surface area contributed by atoms with Crippen LogP contribution < -0.4 is 10.6 Å². The second-order valence-electron chi connectivity index (χ2n) is 4.90. The van der Waals surface area contributed by atoms with Crippen LogP contribution >= 0.6 is 11.3 Å². The Kier molecular flexibility index (Phi) is 3.75. The van der Waals surface area contributed by atoms with Gasteiger partial charge in [0.2, 0.25) is 0 Å². The molecule has 0 amide bonds. The maximum Gasteiger partial charge on any atom is 0.132 e. The average Bonchev–Trinajstić information content (AvgIpc) is 3.14. The number of hydrogen-bond acceptors (Lipinski definition) is 5. The molecule has 2 N–H and O–H groups in total. The molecule has 0 bridgehead atoms. The van der Waals surface area contributed by atoms with Crippen molar-refractivity contribution in [3.63, 3.8) is 0 Å². The van der Waals surface area contributed by atoms with E-state index in [2.05, 4.69) is 37.8 Å². The molecule has 0 spiro atoms. The molecule has 4 nitrogen and oxygen atoms in total. The van der Waals surface area contributed by atoms with Gasteiger partial charge >= 0.3 is 0 Å². The maximum atomic E-state index is 5.60. The molecule has 1 aliphatic carbocycles. The molecule has 0 aromatic carbocycles. The molecule has 0 atom stereocenters. The summed E-state index contributed by atoms with van der Waals surface area (Å²) in [6, 6.07) is 4.90. The van der Waals surface area contributed by atoms with Gasteiger partial charge in [0.25, 0.3) is 0 Å². The fourth-order valence-corrected chi connectivity index (χ4v) is 2.85. The standard InChI is InChI=1S/C14H18N4S/c15-5-3-12-7-14(17-10-16-12)18(13-1-2-13)8-11-4-6-19-9-11/h4,6-7,9-10,13H,1-3,5,8,15H2. The number of anilines is 1. The van der Waals surface area contributed by atoms with Crippen LogP contribution in [0.1, 0.15) is 24.1 Å². The lowest BCUT2D eigenvalue weighted by molar-refractivity contribution is 0.771. The van der Waals surface area contributed by atoms with Crippen molar-refractivity contribution in [3.8, 4) is 0 Å². The molecule has 0 aliphatic heterocycles. The topological polar surface area (TPSA) is 55.0 Å². The number of nitrogens with two attached hydrogens (primary N) is 1. The van der Waals surface area contributed by atoms with Gasteiger partial charge in [-0.05, 0) is 41.8 Å². The minimum atomic E-state index is 0.629. The van der Waals surface area contributed by atoms with Gasteiger partial charge in [0.1, 0.15) is 12.1 Å². The van der Waals surface area contributed by atoms with Gasteiger partial charge in [-0.25, -0.2) is 9.97 Å². The number of thiophene rings is 1. The summed E-state index contributed by atoms with van der Waals surface area (Å²) in [6.45, 7) is 1.57. The number of rotatable bonds is 6. The molecular formula is C14H18N4S. The highest BCUT2D eigenvalue weighted by molar-refractivity contribution is 7.07. The third-order valence-corrected chi connectivity index (χ3v) is 4.06. The molecule has 1 fully saturated rings. The SMILES string of the molecule is NCCc1cc(N(Cc2ccsc2)C2CC2)ncn1. The van der Waals surface area contributed by atoms with E-state index in [0.717, 1.165) is 24.5 Å². The Morgan fingerprint density at radius 3 is 2.95 bits per heavy atom. The minimum Gasteiger partial charge on any atom is -0.349 e. The molecule has 0 unspecified atom stereocenters. The first-order valence-electron chi connectivity index (χ1n) is 6.65. The molecule has 0 saturated heterocycles. The summed E-state index contributed by atoms with van der Waals surface area (Å²) in [6.07, 6.45) is 5.00. The van der Waals surface area contributed by atoms with Crippen LogP contribution in [-0.4, -0.2) is 22.6 Å². The molecule has 2 heterocycles. The molecular weight excluding hydrogens is 256 g/mol. The molecule has 5 heteroatoms. The van der Waals surface area contributed by atoms with Crippen molar-refractivity contribution in [3.05, 3.63) is 40.5 Å². The first-order valence-corrected chi connectivity index (χ1v) is 7.60. The molecule has 1 saturated carbocycles. The molecule has 2 aromatic rings. The predicted molar refractivity (Wildman–Crippen MR) is 78.3 cm³/mol. The van der Waals surface area contributed by atoms with Crippen molar-refractivity contribution in [1.29, 1.82) is 0 Å². The molecule has 100 valence electrons. The zero-order valence-electron chi connectivity index (χ0n) is 10.8. The van der Waals surface area contributed by atoms with E-state index in [-0.39, 0.29) is 0 Å². The molecule has 2 aromatic heterocycles. The Labute approximate surface area is 117 Å². The lowest BCUT2D eigenvalue weighted by atomic mass is 10.2. The van der Waals surface area contributed by atoms with Gasteiger partial charge in [0, 0.05) is 30.8 Å². The van der Waals surface area contributed by atoms with E-state index in [9.17, 15) is 0 Å². The molecule has 0 radical (unpaired) electrons. The van der Waals surface area contributed by atoms with Gasteiger partial charge in [-0.2, -0.15) is 11.3 Å². The summed E-state index contributed by atoms with van der Waals surface area (Å²) < 4.78 is 0. The van der Waals surface area contributed by atoms with E-state index in [4.69, 9.17) is 5.73 Å². The number of hydrogen-bond donors (Lipinski definition) is 1. The number of nitrogens with zero attached hydrogens (tertiary/aromatic N) is 3. The van der Waals surface area contributed by atoms with Gasteiger partial charge in [-0.3, -0.25) is 0 Å². The van der Waals surface area contributed by atoms with Crippen LogP contribution in [0.5, 0.6) is 0 Å². The summed E-state index contributed by atoms with van der Waals surface area (Å²) in [5.74, 6) is 1.03. The average molecular weight is 274 g/mol. The van der Waals surface area contributed by atoms with Crippen molar-refractivity contribution < 1.29 is 0 Å². The third kappa shape index (κ3) is 3.11. The summed E-state index contributed by atoms with van der Waals surface area (Å²) in [5.41, 5.74) is 7.98. The van der Waals surface area contributed by atoms with Crippen LogP contribution in [0.2, 0.25) is 0 Å².